The van der Waals surface area contributed by atoms with Crippen molar-refractivity contribution in [3.63, 3.8) is 0 Å². The summed E-state index contributed by atoms with van der Waals surface area (Å²) >= 11 is 0. The van der Waals surface area contributed by atoms with Gasteiger partial charge in [0.2, 0.25) is 0 Å². The minimum absolute atomic E-state index is 0.751. The molecule has 5 nitrogen and oxygen atoms in total. The van der Waals surface area contributed by atoms with Gasteiger partial charge in [-0.3, -0.25) is 9.97 Å². The average molecular weight is 329 g/mol. The van der Waals surface area contributed by atoms with E-state index in [1.54, 1.807) is 6.20 Å². The number of rotatable bonds is 5. The molecule has 0 spiro atoms. The zero-order valence-corrected chi connectivity index (χ0v) is 14.1. The van der Waals surface area contributed by atoms with Gasteiger partial charge in [0.1, 0.15) is 5.65 Å². The SMILES string of the molecule is Cc1nc2ccccn2c1CNCc1cncc(-c2cccnc2)c1. The number of hydrogen-bond donors (Lipinski definition) is 1. The van der Waals surface area contributed by atoms with Crippen LogP contribution in [0.4, 0.5) is 0 Å². The molecule has 0 unspecified atom stereocenters. The maximum absolute atomic E-state index is 4.60. The molecule has 0 aromatic carbocycles. The first-order valence-electron chi connectivity index (χ1n) is 8.29. The fourth-order valence-corrected chi connectivity index (χ4v) is 2.98. The molecule has 0 aliphatic rings. The van der Waals surface area contributed by atoms with Crippen molar-refractivity contribution >= 4 is 5.65 Å². The second kappa shape index (κ2) is 6.83. The van der Waals surface area contributed by atoms with Crippen molar-refractivity contribution in [2.24, 2.45) is 0 Å². The Morgan fingerprint density at radius 2 is 1.88 bits per heavy atom. The Bertz CT molecular complexity index is 991. The first-order chi connectivity index (χ1) is 12.3. The molecule has 4 aromatic rings. The van der Waals surface area contributed by atoms with Gasteiger partial charge in [-0.1, -0.05) is 12.1 Å². The number of nitrogens with zero attached hydrogens (tertiary/aromatic N) is 4. The molecule has 0 saturated heterocycles. The Morgan fingerprint density at radius 3 is 2.76 bits per heavy atom. The van der Waals surface area contributed by atoms with E-state index in [1.807, 2.05) is 48.9 Å². The highest BCUT2D eigenvalue weighted by atomic mass is 15.0. The second-order valence-corrected chi connectivity index (χ2v) is 6.00. The number of aryl methyl sites for hydroxylation is 1. The third kappa shape index (κ3) is 3.27. The van der Waals surface area contributed by atoms with Crippen LogP contribution in [-0.4, -0.2) is 19.4 Å². The van der Waals surface area contributed by atoms with Gasteiger partial charge in [-0.2, -0.15) is 0 Å². The molecule has 1 N–H and O–H groups in total. The highest BCUT2D eigenvalue weighted by molar-refractivity contribution is 5.61. The van der Waals surface area contributed by atoms with Crippen LogP contribution in [0.5, 0.6) is 0 Å². The normalized spacial score (nSPS) is 11.1. The molecule has 4 heterocycles. The lowest BCUT2D eigenvalue weighted by Crippen LogP contribution is -2.15. The van der Waals surface area contributed by atoms with E-state index < -0.39 is 0 Å². The Balaban J connectivity index is 1.48. The van der Waals surface area contributed by atoms with Crippen molar-refractivity contribution in [3.8, 4) is 11.1 Å². The van der Waals surface area contributed by atoms with Gasteiger partial charge in [-0.25, -0.2) is 4.98 Å². The van der Waals surface area contributed by atoms with Crippen molar-refractivity contribution < 1.29 is 0 Å². The standard InChI is InChI=1S/C20H19N5/c1-15-19(25-8-3-2-6-20(25)24-15)14-23-11-16-9-18(13-22-10-16)17-5-4-7-21-12-17/h2-10,12-13,23H,11,14H2,1H3. The lowest BCUT2D eigenvalue weighted by Gasteiger charge is -2.08. The smallest absolute Gasteiger partial charge is 0.137 e. The fourth-order valence-electron chi connectivity index (χ4n) is 2.98. The van der Waals surface area contributed by atoms with Crippen LogP contribution in [-0.2, 0) is 13.1 Å². The molecule has 0 amide bonds. The van der Waals surface area contributed by atoms with Gasteiger partial charge in [-0.05, 0) is 36.8 Å². The minimum Gasteiger partial charge on any atom is -0.307 e. The molecule has 0 bridgehead atoms. The van der Waals surface area contributed by atoms with E-state index in [0.29, 0.717) is 0 Å². The van der Waals surface area contributed by atoms with Crippen LogP contribution >= 0.6 is 0 Å². The van der Waals surface area contributed by atoms with Gasteiger partial charge in [0.05, 0.1) is 11.4 Å². The summed E-state index contributed by atoms with van der Waals surface area (Å²) in [5.41, 5.74) is 6.53. The van der Waals surface area contributed by atoms with Crippen molar-refractivity contribution in [3.05, 3.63) is 84.3 Å². The van der Waals surface area contributed by atoms with Crippen LogP contribution in [0.2, 0.25) is 0 Å². The van der Waals surface area contributed by atoms with Crippen molar-refractivity contribution in [2.45, 2.75) is 20.0 Å². The molecule has 0 aliphatic heterocycles. The van der Waals surface area contributed by atoms with E-state index in [0.717, 1.165) is 41.1 Å². The van der Waals surface area contributed by atoms with E-state index in [9.17, 15) is 0 Å². The Labute approximate surface area is 146 Å². The average Bonchev–Trinajstić information content (AvgIpc) is 2.98. The predicted octanol–water partition coefficient (Wildman–Crippen LogP) is 3.39. The Hall–Kier alpha value is -3.05. The molecule has 4 aromatic heterocycles. The van der Waals surface area contributed by atoms with Crippen molar-refractivity contribution in [1.82, 2.24) is 24.7 Å². The molecule has 0 aliphatic carbocycles. The molecule has 0 atom stereocenters. The molecule has 124 valence electrons. The molecule has 0 fully saturated rings. The maximum atomic E-state index is 4.60. The number of aromatic nitrogens is 4. The highest BCUT2D eigenvalue weighted by Gasteiger charge is 2.07. The largest absolute Gasteiger partial charge is 0.307 e. The second-order valence-electron chi connectivity index (χ2n) is 6.00. The van der Waals surface area contributed by atoms with Gasteiger partial charge in [0.25, 0.3) is 0 Å². The van der Waals surface area contributed by atoms with Crippen LogP contribution in [0.15, 0.2) is 67.4 Å². The summed E-state index contributed by atoms with van der Waals surface area (Å²) in [6, 6.07) is 12.2. The van der Waals surface area contributed by atoms with Crippen molar-refractivity contribution in [2.75, 3.05) is 0 Å². The summed E-state index contributed by atoms with van der Waals surface area (Å²) in [6.07, 6.45) is 9.46. The summed E-state index contributed by atoms with van der Waals surface area (Å²) < 4.78 is 2.13. The number of fused-ring (bicyclic) bond motifs is 1. The summed E-state index contributed by atoms with van der Waals surface area (Å²) in [5.74, 6) is 0. The molecule has 0 saturated carbocycles. The van der Waals surface area contributed by atoms with Gasteiger partial charge in [-0.15, -0.1) is 0 Å². The lowest BCUT2D eigenvalue weighted by molar-refractivity contribution is 0.670. The third-order valence-corrected chi connectivity index (χ3v) is 4.24. The van der Waals surface area contributed by atoms with Crippen LogP contribution in [0.1, 0.15) is 17.0 Å². The van der Waals surface area contributed by atoms with Crippen LogP contribution in [0.3, 0.4) is 0 Å². The Morgan fingerprint density at radius 1 is 0.960 bits per heavy atom. The first kappa shape index (κ1) is 15.5. The van der Waals surface area contributed by atoms with Crippen LogP contribution in [0.25, 0.3) is 16.8 Å². The van der Waals surface area contributed by atoms with E-state index in [4.69, 9.17) is 0 Å². The molecular formula is C20H19N5. The number of nitrogens with one attached hydrogen (secondary N) is 1. The monoisotopic (exact) mass is 329 g/mol. The minimum atomic E-state index is 0.751. The van der Waals surface area contributed by atoms with E-state index >= 15 is 0 Å². The maximum Gasteiger partial charge on any atom is 0.137 e. The van der Waals surface area contributed by atoms with E-state index in [1.165, 1.54) is 5.69 Å². The third-order valence-electron chi connectivity index (χ3n) is 4.24. The molecule has 5 heteroatoms. The summed E-state index contributed by atoms with van der Waals surface area (Å²) in [4.78, 5) is 13.1. The van der Waals surface area contributed by atoms with Crippen LogP contribution < -0.4 is 5.32 Å². The predicted molar refractivity (Wildman–Crippen MR) is 97.9 cm³/mol. The molecular weight excluding hydrogens is 310 g/mol. The van der Waals surface area contributed by atoms with Gasteiger partial charge in [0.15, 0.2) is 0 Å². The lowest BCUT2D eigenvalue weighted by atomic mass is 10.1. The van der Waals surface area contributed by atoms with Gasteiger partial charge in [0, 0.05) is 55.2 Å². The first-order valence-corrected chi connectivity index (χ1v) is 8.29. The van der Waals surface area contributed by atoms with Crippen LogP contribution in [0, 0.1) is 6.92 Å². The zero-order chi connectivity index (χ0) is 17.1. The fraction of sp³-hybridized carbons (Fsp3) is 0.150. The zero-order valence-electron chi connectivity index (χ0n) is 14.1. The quantitative estimate of drug-likeness (QED) is 0.610. The number of imidazole rings is 1. The molecule has 0 radical (unpaired) electrons. The molecule has 4 rings (SSSR count). The number of hydrogen-bond acceptors (Lipinski definition) is 4. The van der Waals surface area contributed by atoms with E-state index in [2.05, 4.69) is 43.9 Å². The topological polar surface area (TPSA) is 55.1 Å². The summed E-state index contributed by atoms with van der Waals surface area (Å²) in [6.45, 7) is 3.56. The Kier molecular flexibility index (Phi) is 4.23. The summed E-state index contributed by atoms with van der Waals surface area (Å²) in [7, 11) is 0. The summed E-state index contributed by atoms with van der Waals surface area (Å²) in [5, 5.41) is 3.50. The van der Waals surface area contributed by atoms with Crippen molar-refractivity contribution in [1.29, 1.82) is 0 Å². The molecule has 25 heavy (non-hydrogen) atoms. The van der Waals surface area contributed by atoms with E-state index in [-0.39, 0.29) is 0 Å². The van der Waals surface area contributed by atoms with Gasteiger partial charge < -0.3 is 9.72 Å². The number of pyridine rings is 3. The highest BCUT2D eigenvalue weighted by Crippen LogP contribution is 2.18. The van der Waals surface area contributed by atoms with Gasteiger partial charge >= 0.3 is 0 Å².